The molecule has 0 unspecified atom stereocenters. The first-order chi connectivity index (χ1) is 16.1. The topological polar surface area (TPSA) is 85.8 Å². The highest BCUT2D eigenvalue weighted by atomic mass is 16.5. The third kappa shape index (κ3) is 4.72. The average Bonchev–Trinajstić information content (AvgIpc) is 3.51. The SMILES string of the molecule is Cc1ccc(C(=O)Nc2ccc(Cn3cnc(-c4nc(-c5ccccc5)no4)c3)cc2)cc1. The van der Waals surface area contributed by atoms with Crippen LogP contribution in [0.25, 0.3) is 23.0 Å². The van der Waals surface area contributed by atoms with E-state index >= 15 is 0 Å². The van der Waals surface area contributed by atoms with Crippen molar-refractivity contribution in [1.82, 2.24) is 19.7 Å². The van der Waals surface area contributed by atoms with Crippen molar-refractivity contribution < 1.29 is 9.32 Å². The molecule has 162 valence electrons. The highest BCUT2D eigenvalue weighted by Gasteiger charge is 2.13. The Morgan fingerprint density at radius 3 is 2.48 bits per heavy atom. The van der Waals surface area contributed by atoms with Gasteiger partial charge in [0.05, 0.1) is 6.33 Å². The quantitative estimate of drug-likeness (QED) is 0.396. The minimum Gasteiger partial charge on any atom is -0.332 e. The fourth-order valence-corrected chi connectivity index (χ4v) is 3.40. The van der Waals surface area contributed by atoms with E-state index in [1.54, 1.807) is 6.33 Å². The normalized spacial score (nSPS) is 10.8. The first-order valence-corrected chi connectivity index (χ1v) is 10.5. The summed E-state index contributed by atoms with van der Waals surface area (Å²) in [7, 11) is 0. The number of nitrogens with one attached hydrogen (secondary N) is 1. The third-order valence-electron chi connectivity index (χ3n) is 5.20. The number of hydrogen-bond donors (Lipinski definition) is 1. The largest absolute Gasteiger partial charge is 0.332 e. The maximum Gasteiger partial charge on any atom is 0.278 e. The third-order valence-corrected chi connectivity index (χ3v) is 5.20. The van der Waals surface area contributed by atoms with E-state index in [4.69, 9.17) is 4.52 Å². The molecule has 1 N–H and O–H groups in total. The van der Waals surface area contributed by atoms with Gasteiger partial charge >= 0.3 is 0 Å². The van der Waals surface area contributed by atoms with Gasteiger partial charge in [0.15, 0.2) is 0 Å². The molecule has 0 fully saturated rings. The van der Waals surface area contributed by atoms with Crippen LogP contribution in [0.3, 0.4) is 0 Å². The smallest absolute Gasteiger partial charge is 0.278 e. The molecule has 1 amide bonds. The Labute approximate surface area is 190 Å². The summed E-state index contributed by atoms with van der Waals surface area (Å²) in [6.45, 7) is 2.62. The van der Waals surface area contributed by atoms with Crippen molar-refractivity contribution in [2.24, 2.45) is 0 Å². The molecule has 0 saturated heterocycles. The van der Waals surface area contributed by atoms with Gasteiger partial charge in [-0.2, -0.15) is 4.98 Å². The number of hydrogen-bond acceptors (Lipinski definition) is 5. The number of carbonyl (C=O) groups is 1. The Morgan fingerprint density at radius 2 is 1.73 bits per heavy atom. The lowest BCUT2D eigenvalue weighted by molar-refractivity contribution is 0.102. The van der Waals surface area contributed by atoms with Crippen molar-refractivity contribution in [3.05, 3.63) is 108 Å². The molecule has 5 aromatic rings. The van der Waals surface area contributed by atoms with Gasteiger partial charge in [-0.15, -0.1) is 0 Å². The molecule has 5 rings (SSSR count). The number of aromatic nitrogens is 4. The van der Waals surface area contributed by atoms with Crippen LogP contribution in [0.4, 0.5) is 5.69 Å². The average molecular weight is 435 g/mol. The molecule has 0 aliphatic carbocycles. The van der Waals surface area contributed by atoms with E-state index in [2.05, 4.69) is 20.4 Å². The summed E-state index contributed by atoms with van der Waals surface area (Å²) in [5, 5.41) is 6.97. The summed E-state index contributed by atoms with van der Waals surface area (Å²) >= 11 is 0. The van der Waals surface area contributed by atoms with Crippen LogP contribution in [0.5, 0.6) is 0 Å². The van der Waals surface area contributed by atoms with Gasteiger partial charge < -0.3 is 14.4 Å². The number of imidazole rings is 1. The van der Waals surface area contributed by atoms with Gasteiger partial charge in [-0.3, -0.25) is 4.79 Å². The van der Waals surface area contributed by atoms with Gasteiger partial charge in [0, 0.05) is 29.6 Å². The Morgan fingerprint density at radius 1 is 0.970 bits per heavy atom. The van der Waals surface area contributed by atoms with E-state index in [9.17, 15) is 4.79 Å². The highest BCUT2D eigenvalue weighted by Crippen LogP contribution is 2.21. The van der Waals surface area contributed by atoms with Gasteiger partial charge in [0.25, 0.3) is 11.8 Å². The summed E-state index contributed by atoms with van der Waals surface area (Å²) < 4.78 is 7.33. The monoisotopic (exact) mass is 435 g/mol. The van der Waals surface area contributed by atoms with Crippen LogP contribution in [0.15, 0.2) is 95.9 Å². The predicted molar refractivity (Wildman–Crippen MR) is 126 cm³/mol. The number of aryl methyl sites for hydroxylation is 1. The molecule has 0 radical (unpaired) electrons. The van der Waals surface area contributed by atoms with Crippen LogP contribution >= 0.6 is 0 Å². The molecule has 0 atom stereocenters. The van der Waals surface area contributed by atoms with Gasteiger partial charge in [0.2, 0.25) is 5.82 Å². The first kappa shape index (κ1) is 20.4. The van der Waals surface area contributed by atoms with Crippen LogP contribution in [0, 0.1) is 6.92 Å². The van der Waals surface area contributed by atoms with Crippen molar-refractivity contribution in [1.29, 1.82) is 0 Å². The molecule has 33 heavy (non-hydrogen) atoms. The molecule has 0 aliphatic rings. The highest BCUT2D eigenvalue weighted by molar-refractivity contribution is 6.04. The van der Waals surface area contributed by atoms with E-state index in [0.717, 1.165) is 22.4 Å². The fraction of sp³-hybridized carbons (Fsp3) is 0.0769. The summed E-state index contributed by atoms with van der Waals surface area (Å²) in [6, 6.07) is 24.9. The van der Waals surface area contributed by atoms with Crippen LogP contribution in [-0.2, 0) is 6.54 Å². The maximum absolute atomic E-state index is 12.4. The minimum atomic E-state index is -0.128. The Bertz CT molecular complexity index is 1370. The predicted octanol–water partition coefficient (Wildman–Crippen LogP) is 5.21. The summed E-state index contributed by atoms with van der Waals surface area (Å²) in [4.78, 5) is 21.2. The molecule has 7 nitrogen and oxygen atoms in total. The summed E-state index contributed by atoms with van der Waals surface area (Å²) in [6.07, 6.45) is 3.60. The van der Waals surface area contributed by atoms with E-state index < -0.39 is 0 Å². The molecule has 2 aromatic heterocycles. The van der Waals surface area contributed by atoms with Crippen molar-refractivity contribution in [3.63, 3.8) is 0 Å². The molecule has 0 saturated carbocycles. The van der Waals surface area contributed by atoms with Crippen molar-refractivity contribution >= 4 is 11.6 Å². The second-order valence-electron chi connectivity index (χ2n) is 7.74. The van der Waals surface area contributed by atoms with Crippen molar-refractivity contribution in [2.45, 2.75) is 13.5 Å². The number of anilines is 1. The molecule has 0 spiro atoms. The zero-order valence-electron chi connectivity index (χ0n) is 18.0. The van der Waals surface area contributed by atoms with Crippen LogP contribution in [0.2, 0.25) is 0 Å². The molecule has 0 bridgehead atoms. The van der Waals surface area contributed by atoms with Crippen molar-refractivity contribution in [3.8, 4) is 23.0 Å². The van der Waals surface area contributed by atoms with Crippen LogP contribution in [-0.4, -0.2) is 25.6 Å². The van der Waals surface area contributed by atoms with Crippen molar-refractivity contribution in [2.75, 3.05) is 5.32 Å². The number of amides is 1. The lowest BCUT2D eigenvalue weighted by Gasteiger charge is -2.07. The number of rotatable bonds is 6. The zero-order chi connectivity index (χ0) is 22.6. The summed E-state index contributed by atoms with van der Waals surface area (Å²) in [5.41, 5.74) is 5.08. The molecular formula is C26H21N5O2. The molecule has 7 heteroatoms. The van der Waals surface area contributed by atoms with Crippen LogP contribution < -0.4 is 5.32 Å². The Balaban J connectivity index is 1.23. The minimum absolute atomic E-state index is 0.128. The number of benzene rings is 3. The van der Waals surface area contributed by atoms with E-state index in [-0.39, 0.29) is 5.91 Å². The van der Waals surface area contributed by atoms with Gasteiger partial charge in [-0.25, -0.2) is 4.98 Å². The molecule has 0 aliphatic heterocycles. The zero-order valence-corrected chi connectivity index (χ0v) is 18.0. The van der Waals surface area contributed by atoms with E-state index in [0.29, 0.717) is 29.5 Å². The lowest BCUT2D eigenvalue weighted by atomic mass is 10.1. The number of nitrogens with zero attached hydrogens (tertiary/aromatic N) is 4. The summed E-state index contributed by atoms with van der Waals surface area (Å²) in [5.74, 6) is 0.779. The lowest BCUT2D eigenvalue weighted by Crippen LogP contribution is -2.11. The van der Waals surface area contributed by atoms with Gasteiger partial charge in [-0.1, -0.05) is 65.3 Å². The Hall–Kier alpha value is -4.52. The first-order valence-electron chi connectivity index (χ1n) is 10.5. The molecular weight excluding hydrogens is 414 g/mol. The van der Waals surface area contributed by atoms with Gasteiger partial charge in [-0.05, 0) is 36.8 Å². The number of carbonyl (C=O) groups excluding carboxylic acids is 1. The maximum atomic E-state index is 12.4. The standard InChI is InChI=1S/C26H21N5O2/c1-18-7-11-21(12-8-18)25(32)28-22-13-9-19(10-14-22)15-31-16-23(27-17-31)26-29-24(30-33-26)20-5-3-2-4-6-20/h2-14,16-17H,15H2,1H3,(H,28,32). The second-order valence-corrected chi connectivity index (χ2v) is 7.74. The molecule has 3 aromatic carbocycles. The molecule has 2 heterocycles. The fourth-order valence-electron chi connectivity index (χ4n) is 3.40. The van der Waals surface area contributed by atoms with E-state index in [1.165, 1.54) is 0 Å². The van der Waals surface area contributed by atoms with Crippen LogP contribution in [0.1, 0.15) is 21.5 Å². The van der Waals surface area contributed by atoms with E-state index in [1.807, 2.05) is 96.6 Å². The van der Waals surface area contributed by atoms with Gasteiger partial charge in [0.1, 0.15) is 5.69 Å². The Kier molecular flexibility index (Phi) is 5.51. The second kappa shape index (κ2) is 8.92.